The predicted octanol–water partition coefficient (Wildman–Crippen LogP) is -0.892. The molecule has 1 atom stereocenters. The van der Waals surface area contributed by atoms with Crippen molar-refractivity contribution in [2.45, 2.75) is 13.0 Å². The molecule has 70 valence electrons. The van der Waals surface area contributed by atoms with E-state index in [4.69, 9.17) is 5.73 Å². The van der Waals surface area contributed by atoms with Gasteiger partial charge in [-0.15, -0.1) is 0 Å². The molecule has 12 heavy (non-hydrogen) atoms. The highest BCUT2D eigenvalue weighted by Crippen LogP contribution is 2.07. The Morgan fingerprint density at radius 3 is 2.75 bits per heavy atom. The summed E-state index contributed by atoms with van der Waals surface area (Å²) in [5.74, 6) is 0.158. The molecule has 0 saturated carbocycles. The van der Waals surface area contributed by atoms with Crippen LogP contribution in [0.1, 0.15) is 6.92 Å². The van der Waals surface area contributed by atoms with Crippen LogP contribution in [0, 0.1) is 0 Å². The molecule has 0 aromatic carbocycles. The highest BCUT2D eigenvalue weighted by Gasteiger charge is 2.30. The quantitative estimate of drug-likeness (QED) is 0.586. The van der Waals surface area contributed by atoms with Gasteiger partial charge in [-0.3, -0.25) is 9.69 Å². The molecule has 1 heterocycles. The summed E-state index contributed by atoms with van der Waals surface area (Å²) in [6.45, 7) is 5.16. The van der Waals surface area contributed by atoms with Crippen LogP contribution in [-0.4, -0.2) is 55.0 Å². The molecule has 0 aromatic rings. The monoisotopic (exact) mass is 171 g/mol. The van der Waals surface area contributed by atoms with Gasteiger partial charge in [-0.2, -0.15) is 0 Å². The minimum absolute atomic E-state index is 0.0891. The molecule has 1 fully saturated rings. The van der Waals surface area contributed by atoms with Gasteiger partial charge in [0.25, 0.3) is 0 Å². The first-order valence-electron chi connectivity index (χ1n) is 4.39. The van der Waals surface area contributed by atoms with Crippen LogP contribution in [0.2, 0.25) is 0 Å². The molecule has 2 N–H and O–H groups in total. The fourth-order valence-electron chi connectivity index (χ4n) is 1.58. The molecule has 4 nitrogen and oxygen atoms in total. The molecule has 4 heteroatoms. The molecule has 1 rings (SSSR count). The second kappa shape index (κ2) is 3.87. The Morgan fingerprint density at radius 2 is 2.25 bits per heavy atom. The van der Waals surface area contributed by atoms with E-state index in [-0.39, 0.29) is 11.9 Å². The van der Waals surface area contributed by atoms with E-state index >= 15 is 0 Å². The summed E-state index contributed by atoms with van der Waals surface area (Å²) in [5.41, 5.74) is 5.53. The first-order valence-corrected chi connectivity index (χ1v) is 4.39. The van der Waals surface area contributed by atoms with Crippen molar-refractivity contribution in [2.75, 3.05) is 33.2 Å². The zero-order valence-corrected chi connectivity index (χ0v) is 7.79. The minimum atomic E-state index is -0.0891. The third-order valence-electron chi connectivity index (χ3n) is 2.45. The average Bonchev–Trinajstić information content (AvgIpc) is 2.09. The number of carbonyl (C=O) groups is 1. The molecule has 1 saturated heterocycles. The second-order valence-corrected chi connectivity index (χ2v) is 3.14. The summed E-state index contributed by atoms with van der Waals surface area (Å²) in [4.78, 5) is 15.4. The maximum Gasteiger partial charge on any atom is 0.241 e. The van der Waals surface area contributed by atoms with Gasteiger partial charge in [-0.1, -0.05) is 6.92 Å². The molecule has 0 spiro atoms. The van der Waals surface area contributed by atoms with Gasteiger partial charge in [-0.05, 0) is 6.54 Å². The van der Waals surface area contributed by atoms with Gasteiger partial charge in [0.05, 0.1) is 0 Å². The van der Waals surface area contributed by atoms with Gasteiger partial charge in [0.15, 0.2) is 0 Å². The first kappa shape index (κ1) is 9.48. The van der Waals surface area contributed by atoms with Gasteiger partial charge in [0.1, 0.15) is 6.04 Å². The van der Waals surface area contributed by atoms with Crippen LogP contribution in [0.3, 0.4) is 0 Å². The van der Waals surface area contributed by atoms with E-state index in [1.54, 1.807) is 4.90 Å². The Hall–Kier alpha value is -0.610. The number of piperazine rings is 1. The smallest absolute Gasteiger partial charge is 0.241 e. The van der Waals surface area contributed by atoms with Gasteiger partial charge >= 0.3 is 0 Å². The van der Waals surface area contributed by atoms with Gasteiger partial charge in [-0.25, -0.2) is 0 Å². The fourth-order valence-corrected chi connectivity index (χ4v) is 1.58. The van der Waals surface area contributed by atoms with Crippen LogP contribution in [-0.2, 0) is 4.79 Å². The fraction of sp³-hybridized carbons (Fsp3) is 0.875. The molecular formula is C8H17N3O. The maximum absolute atomic E-state index is 11.5. The Morgan fingerprint density at radius 1 is 1.58 bits per heavy atom. The van der Waals surface area contributed by atoms with Crippen LogP contribution < -0.4 is 5.73 Å². The number of nitrogens with two attached hydrogens (primary N) is 1. The van der Waals surface area contributed by atoms with Crippen molar-refractivity contribution in [3.05, 3.63) is 0 Å². The van der Waals surface area contributed by atoms with Crippen molar-refractivity contribution in [1.82, 2.24) is 9.80 Å². The van der Waals surface area contributed by atoms with Crippen molar-refractivity contribution < 1.29 is 4.79 Å². The first-order chi connectivity index (χ1) is 5.70. The summed E-state index contributed by atoms with van der Waals surface area (Å²) >= 11 is 0. The van der Waals surface area contributed by atoms with Crippen LogP contribution in [0.4, 0.5) is 0 Å². The Balaban J connectivity index is 2.65. The van der Waals surface area contributed by atoms with Gasteiger partial charge < -0.3 is 10.6 Å². The van der Waals surface area contributed by atoms with E-state index in [9.17, 15) is 4.79 Å². The lowest BCUT2D eigenvalue weighted by Gasteiger charge is -2.37. The highest BCUT2D eigenvalue weighted by atomic mass is 16.2. The lowest BCUT2D eigenvalue weighted by atomic mass is 10.1. The highest BCUT2D eigenvalue weighted by molar-refractivity contribution is 5.82. The van der Waals surface area contributed by atoms with E-state index in [2.05, 4.69) is 11.8 Å². The summed E-state index contributed by atoms with van der Waals surface area (Å²) < 4.78 is 0. The molecule has 0 radical (unpaired) electrons. The van der Waals surface area contributed by atoms with Crippen molar-refractivity contribution in [3.63, 3.8) is 0 Å². The van der Waals surface area contributed by atoms with E-state index in [0.29, 0.717) is 6.54 Å². The minimum Gasteiger partial charge on any atom is -0.343 e. The number of nitrogens with zero attached hydrogens (tertiary/aromatic N) is 2. The Labute approximate surface area is 73.3 Å². The lowest BCUT2D eigenvalue weighted by molar-refractivity contribution is -0.139. The zero-order chi connectivity index (χ0) is 9.14. The largest absolute Gasteiger partial charge is 0.343 e. The summed E-state index contributed by atoms with van der Waals surface area (Å²) in [6.07, 6.45) is 0. The number of hydrogen-bond acceptors (Lipinski definition) is 3. The van der Waals surface area contributed by atoms with Gasteiger partial charge in [0.2, 0.25) is 5.91 Å². The third-order valence-corrected chi connectivity index (χ3v) is 2.45. The third kappa shape index (κ3) is 1.59. The van der Waals surface area contributed by atoms with E-state index in [1.807, 2.05) is 7.05 Å². The topological polar surface area (TPSA) is 49.6 Å². The lowest BCUT2D eigenvalue weighted by Crippen LogP contribution is -2.58. The number of hydrogen-bond donors (Lipinski definition) is 1. The Bertz CT molecular complexity index is 172. The summed E-state index contributed by atoms with van der Waals surface area (Å²) in [7, 11) is 1.83. The molecule has 1 aliphatic rings. The van der Waals surface area contributed by atoms with Crippen LogP contribution in [0.15, 0.2) is 0 Å². The van der Waals surface area contributed by atoms with Crippen LogP contribution >= 0.6 is 0 Å². The molecule has 0 aliphatic carbocycles. The molecule has 1 unspecified atom stereocenters. The molecule has 0 bridgehead atoms. The van der Waals surface area contributed by atoms with Crippen LogP contribution in [0.25, 0.3) is 0 Å². The standard InChI is InChI=1S/C8H17N3O/c1-3-11-5-4-10(2)8(12)7(11)6-9/h7H,3-6,9H2,1-2H3. The number of rotatable bonds is 2. The van der Waals surface area contributed by atoms with Crippen molar-refractivity contribution in [2.24, 2.45) is 5.73 Å². The SMILES string of the molecule is CCN1CCN(C)C(=O)C1CN. The van der Waals surface area contributed by atoms with Crippen LogP contribution in [0.5, 0.6) is 0 Å². The Kier molecular flexibility index (Phi) is 3.05. The zero-order valence-electron chi connectivity index (χ0n) is 7.79. The number of likely N-dealkylation sites (N-methyl/N-ethyl adjacent to an activating group) is 2. The summed E-state index contributed by atoms with van der Waals surface area (Å²) in [6, 6.07) is -0.0891. The average molecular weight is 171 g/mol. The van der Waals surface area contributed by atoms with E-state index in [1.165, 1.54) is 0 Å². The molecule has 1 amide bonds. The van der Waals surface area contributed by atoms with Crippen molar-refractivity contribution in [3.8, 4) is 0 Å². The van der Waals surface area contributed by atoms with Crippen molar-refractivity contribution >= 4 is 5.91 Å². The molecular weight excluding hydrogens is 154 g/mol. The van der Waals surface area contributed by atoms with E-state index in [0.717, 1.165) is 19.6 Å². The number of amides is 1. The van der Waals surface area contributed by atoms with Gasteiger partial charge in [0, 0.05) is 26.7 Å². The summed E-state index contributed by atoms with van der Waals surface area (Å²) in [5, 5.41) is 0. The molecule has 1 aliphatic heterocycles. The van der Waals surface area contributed by atoms with E-state index < -0.39 is 0 Å². The number of carbonyl (C=O) groups excluding carboxylic acids is 1. The maximum atomic E-state index is 11.5. The van der Waals surface area contributed by atoms with Crippen molar-refractivity contribution in [1.29, 1.82) is 0 Å². The normalized spacial score (nSPS) is 26.4. The second-order valence-electron chi connectivity index (χ2n) is 3.14. The predicted molar refractivity (Wildman–Crippen MR) is 47.7 cm³/mol. The molecule has 0 aromatic heterocycles.